The van der Waals surface area contributed by atoms with Crippen LogP contribution in [0.5, 0.6) is 0 Å². The Labute approximate surface area is 148 Å². The summed E-state index contributed by atoms with van der Waals surface area (Å²) in [5, 5.41) is 0.483. The number of carbonyl (C=O) groups is 1. The standard InChI is InChI=1S/C16H23ClN2O4S/c1-12-11-18(9-10-19(12)15(20)23-16(2,3)4)24(21,22)14-7-5-13(17)6-8-14/h5-8,12H,9-11H2,1-4H3/t12-/m0/s1. The molecule has 1 fully saturated rings. The number of piperazine rings is 1. The van der Waals surface area contributed by atoms with Gasteiger partial charge in [-0.05, 0) is 52.0 Å². The number of nitrogens with zero attached hydrogens (tertiary/aromatic N) is 2. The van der Waals surface area contributed by atoms with Gasteiger partial charge in [-0.15, -0.1) is 0 Å². The Morgan fingerprint density at radius 2 is 1.79 bits per heavy atom. The highest BCUT2D eigenvalue weighted by atomic mass is 35.5. The fourth-order valence-corrected chi connectivity index (χ4v) is 4.13. The number of halogens is 1. The fourth-order valence-electron chi connectivity index (χ4n) is 2.49. The summed E-state index contributed by atoms with van der Waals surface area (Å²) in [5.74, 6) is 0. The molecule has 0 unspecified atom stereocenters. The third kappa shape index (κ3) is 4.40. The predicted octanol–water partition coefficient (Wildman–Crippen LogP) is 2.97. The lowest BCUT2D eigenvalue weighted by molar-refractivity contribution is 0.00859. The average molecular weight is 375 g/mol. The lowest BCUT2D eigenvalue weighted by Crippen LogP contribution is -2.56. The minimum Gasteiger partial charge on any atom is -0.444 e. The molecule has 24 heavy (non-hydrogen) atoms. The molecular weight excluding hydrogens is 352 g/mol. The molecule has 1 amide bonds. The van der Waals surface area contributed by atoms with E-state index in [1.54, 1.807) is 37.8 Å². The minimum absolute atomic E-state index is 0.199. The number of sulfonamides is 1. The van der Waals surface area contributed by atoms with Crippen molar-refractivity contribution in [3.05, 3.63) is 29.3 Å². The molecule has 1 atom stereocenters. The van der Waals surface area contributed by atoms with Gasteiger partial charge in [0.05, 0.1) is 4.90 Å². The van der Waals surface area contributed by atoms with Gasteiger partial charge >= 0.3 is 6.09 Å². The quantitative estimate of drug-likeness (QED) is 0.798. The second kappa shape index (κ2) is 6.90. The maximum Gasteiger partial charge on any atom is 0.410 e. The second-order valence-corrected chi connectivity index (χ2v) is 9.21. The number of carbonyl (C=O) groups excluding carboxylic acids is 1. The number of hydrogen-bond acceptors (Lipinski definition) is 4. The van der Waals surface area contributed by atoms with Crippen LogP contribution in [0.15, 0.2) is 29.2 Å². The van der Waals surface area contributed by atoms with Gasteiger partial charge in [0.1, 0.15) is 5.60 Å². The van der Waals surface area contributed by atoms with Crippen LogP contribution in [0, 0.1) is 0 Å². The molecule has 2 rings (SSSR count). The summed E-state index contributed by atoms with van der Waals surface area (Å²) in [6, 6.07) is 5.81. The number of amides is 1. The van der Waals surface area contributed by atoms with Crippen LogP contribution in [-0.2, 0) is 14.8 Å². The molecule has 0 aliphatic carbocycles. The lowest BCUT2D eigenvalue weighted by atomic mass is 10.2. The molecule has 0 N–H and O–H groups in total. The Morgan fingerprint density at radius 3 is 2.29 bits per heavy atom. The van der Waals surface area contributed by atoms with Crippen molar-refractivity contribution in [3.63, 3.8) is 0 Å². The first-order valence-electron chi connectivity index (χ1n) is 7.76. The van der Waals surface area contributed by atoms with Crippen molar-refractivity contribution in [1.29, 1.82) is 0 Å². The summed E-state index contributed by atoms with van der Waals surface area (Å²) in [6.45, 7) is 7.97. The van der Waals surface area contributed by atoms with Crippen LogP contribution in [0.4, 0.5) is 4.79 Å². The van der Waals surface area contributed by atoms with Crippen molar-refractivity contribution in [1.82, 2.24) is 9.21 Å². The monoisotopic (exact) mass is 374 g/mol. The second-order valence-electron chi connectivity index (χ2n) is 6.84. The van der Waals surface area contributed by atoms with Gasteiger partial charge in [0.25, 0.3) is 0 Å². The maximum atomic E-state index is 12.7. The summed E-state index contributed by atoms with van der Waals surface area (Å²) >= 11 is 5.81. The number of benzene rings is 1. The topological polar surface area (TPSA) is 66.9 Å². The van der Waals surface area contributed by atoms with Crippen molar-refractivity contribution in [2.45, 2.75) is 44.2 Å². The molecule has 0 bridgehead atoms. The Balaban J connectivity index is 2.10. The molecule has 0 saturated carbocycles. The van der Waals surface area contributed by atoms with Crippen LogP contribution < -0.4 is 0 Å². The van der Waals surface area contributed by atoms with E-state index in [2.05, 4.69) is 0 Å². The van der Waals surface area contributed by atoms with Crippen molar-refractivity contribution in [3.8, 4) is 0 Å². The zero-order chi connectivity index (χ0) is 18.1. The third-order valence-electron chi connectivity index (χ3n) is 3.67. The molecule has 1 aromatic rings. The van der Waals surface area contributed by atoms with Crippen LogP contribution in [0.1, 0.15) is 27.7 Å². The van der Waals surface area contributed by atoms with E-state index in [-0.39, 0.29) is 24.0 Å². The molecular formula is C16H23ClN2O4S. The molecule has 0 aromatic heterocycles. The van der Waals surface area contributed by atoms with Crippen molar-refractivity contribution < 1.29 is 17.9 Å². The number of hydrogen-bond donors (Lipinski definition) is 0. The lowest BCUT2D eigenvalue weighted by Gasteiger charge is -2.39. The van der Waals surface area contributed by atoms with Gasteiger partial charge in [0.15, 0.2) is 0 Å². The fraction of sp³-hybridized carbons (Fsp3) is 0.562. The molecule has 1 aromatic carbocycles. The summed E-state index contributed by atoms with van der Waals surface area (Å²) in [5.41, 5.74) is -0.580. The zero-order valence-corrected chi connectivity index (χ0v) is 15.9. The van der Waals surface area contributed by atoms with Crippen molar-refractivity contribution >= 4 is 27.7 Å². The summed E-state index contributed by atoms with van der Waals surface area (Å²) < 4.78 is 32.2. The van der Waals surface area contributed by atoms with E-state index < -0.39 is 21.7 Å². The first-order valence-corrected chi connectivity index (χ1v) is 9.58. The summed E-state index contributed by atoms with van der Waals surface area (Å²) in [7, 11) is -3.60. The molecule has 1 heterocycles. The van der Waals surface area contributed by atoms with Crippen LogP contribution in [-0.4, -0.2) is 55.0 Å². The van der Waals surface area contributed by atoms with Gasteiger partial charge in [0.2, 0.25) is 10.0 Å². The molecule has 134 valence electrons. The zero-order valence-electron chi connectivity index (χ0n) is 14.3. The molecule has 8 heteroatoms. The molecule has 0 spiro atoms. The van der Waals surface area contributed by atoms with E-state index in [1.807, 2.05) is 6.92 Å². The van der Waals surface area contributed by atoms with Crippen LogP contribution in [0.3, 0.4) is 0 Å². The van der Waals surface area contributed by atoms with Crippen molar-refractivity contribution in [2.75, 3.05) is 19.6 Å². The molecule has 1 saturated heterocycles. The number of rotatable bonds is 2. The maximum absolute atomic E-state index is 12.7. The smallest absolute Gasteiger partial charge is 0.410 e. The van der Waals surface area contributed by atoms with Gasteiger partial charge in [-0.1, -0.05) is 11.6 Å². The van der Waals surface area contributed by atoms with E-state index in [0.717, 1.165) is 0 Å². The first-order chi connectivity index (χ1) is 11.0. The van der Waals surface area contributed by atoms with E-state index in [4.69, 9.17) is 16.3 Å². The van der Waals surface area contributed by atoms with E-state index >= 15 is 0 Å². The highest BCUT2D eigenvalue weighted by Crippen LogP contribution is 2.22. The van der Waals surface area contributed by atoms with Crippen molar-refractivity contribution in [2.24, 2.45) is 0 Å². The van der Waals surface area contributed by atoms with Gasteiger partial charge in [-0.3, -0.25) is 0 Å². The normalized spacial score (nSPS) is 20.0. The van der Waals surface area contributed by atoms with Crippen LogP contribution in [0.25, 0.3) is 0 Å². The number of ether oxygens (including phenoxy) is 1. The van der Waals surface area contributed by atoms with Gasteiger partial charge in [0, 0.05) is 30.7 Å². The van der Waals surface area contributed by atoms with E-state index in [0.29, 0.717) is 11.6 Å². The highest BCUT2D eigenvalue weighted by Gasteiger charge is 2.35. The summed E-state index contributed by atoms with van der Waals surface area (Å²) in [4.78, 5) is 14.0. The van der Waals surface area contributed by atoms with Crippen LogP contribution in [0.2, 0.25) is 5.02 Å². The van der Waals surface area contributed by atoms with Gasteiger partial charge in [-0.25, -0.2) is 13.2 Å². The van der Waals surface area contributed by atoms with Gasteiger partial charge < -0.3 is 9.64 Å². The average Bonchev–Trinajstić information content (AvgIpc) is 2.45. The van der Waals surface area contributed by atoms with E-state index in [9.17, 15) is 13.2 Å². The summed E-state index contributed by atoms with van der Waals surface area (Å²) in [6.07, 6.45) is -0.418. The molecule has 1 aliphatic rings. The first kappa shape index (κ1) is 19.0. The predicted molar refractivity (Wildman–Crippen MR) is 92.6 cm³/mol. The molecule has 0 radical (unpaired) electrons. The molecule has 6 nitrogen and oxygen atoms in total. The highest BCUT2D eigenvalue weighted by molar-refractivity contribution is 7.89. The Hall–Kier alpha value is -1.31. The largest absolute Gasteiger partial charge is 0.444 e. The van der Waals surface area contributed by atoms with Gasteiger partial charge in [-0.2, -0.15) is 4.31 Å². The SMILES string of the molecule is C[C@H]1CN(S(=O)(=O)c2ccc(Cl)cc2)CCN1C(=O)OC(C)(C)C. The Kier molecular flexibility index (Phi) is 5.47. The Bertz CT molecular complexity index is 698. The third-order valence-corrected chi connectivity index (χ3v) is 5.80. The molecule has 1 aliphatic heterocycles. The van der Waals surface area contributed by atoms with Crippen LogP contribution >= 0.6 is 11.6 Å². The minimum atomic E-state index is -3.60. The Morgan fingerprint density at radius 1 is 1.21 bits per heavy atom. The van der Waals surface area contributed by atoms with E-state index in [1.165, 1.54) is 16.4 Å².